The van der Waals surface area contributed by atoms with E-state index < -0.39 is 12.2 Å². The van der Waals surface area contributed by atoms with Crippen molar-refractivity contribution in [2.75, 3.05) is 25.6 Å². The highest BCUT2D eigenvalue weighted by molar-refractivity contribution is 6.03. The first-order chi connectivity index (χ1) is 12.6. The molecule has 3 atom stereocenters. The number of carbonyl (C=O) groups is 2. The van der Waals surface area contributed by atoms with Crippen molar-refractivity contribution in [2.24, 2.45) is 11.8 Å². The number of amides is 2. The zero-order chi connectivity index (χ0) is 20.3. The monoisotopic (exact) mass is 374 g/mol. The summed E-state index contributed by atoms with van der Waals surface area (Å²) in [5, 5.41) is 10.6. The first-order valence-corrected chi connectivity index (χ1v) is 9.27. The molecule has 6 nitrogen and oxygen atoms in total. The molecular weight excluding hydrogens is 344 g/mol. The molecule has 1 aliphatic heterocycles. The predicted octanol–water partition coefficient (Wildman–Crippen LogP) is 3.37. The van der Waals surface area contributed by atoms with Gasteiger partial charge in [-0.25, -0.2) is 9.69 Å². The third kappa shape index (κ3) is 4.69. The summed E-state index contributed by atoms with van der Waals surface area (Å²) in [5.74, 6) is -0.528. The van der Waals surface area contributed by atoms with E-state index in [0.29, 0.717) is 5.57 Å². The quantitative estimate of drug-likeness (QED) is 0.773. The lowest BCUT2D eigenvalue weighted by Gasteiger charge is -2.23. The maximum Gasteiger partial charge on any atom is 0.417 e. The van der Waals surface area contributed by atoms with Crippen LogP contribution < -0.4 is 4.90 Å². The zero-order valence-electron chi connectivity index (χ0n) is 17.0. The van der Waals surface area contributed by atoms with Crippen LogP contribution in [-0.2, 0) is 9.53 Å². The molecule has 1 N–H and O–H groups in total. The number of nitrogens with zero attached hydrogens (tertiary/aromatic N) is 2. The number of hydrogen-bond donors (Lipinski definition) is 1. The number of imide groups is 1. The van der Waals surface area contributed by atoms with Gasteiger partial charge in [-0.05, 0) is 30.5 Å². The minimum Gasteiger partial charge on any atom is -0.447 e. The van der Waals surface area contributed by atoms with E-state index in [0.717, 1.165) is 11.3 Å². The first kappa shape index (κ1) is 21.0. The fraction of sp³-hybridized carbons (Fsp3) is 0.524. The lowest BCUT2D eigenvalue weighted by Crippen LogP contribution is -2.42. The van der Waals surface area contributed by atoms with Crippen LogP contribution in [0.15, 0.2) is 35.9 Å². The second-order valence-corrected chi connectivity index (χ2v) is 7.70. The van der Waals surface area contributed by atoms with Gasteiger partial charge in [0.1, 0.15) is 6.61 Å². The number of cyclic esters (lactones) is 1. The number of carbonyl (C=O) groups excluding carboxylic acids is 2. The van der Waals surface area contributed by atoms with Crippen molar-refractivity contribution in [3.05, 3.63) is 41.5 Å². The Hall–Kier alpha value is -2.34. The van der Waals surface area contributed by atoms with E-state index in [1.807, 2.05) is 64.0 Å². The molecule has 0 spiro atoms. The summed E-state index contributed by atoms with van der Waals surface area (Å²) in [6.07, 6.45) is 0.380. The first-order valence-electron chi connectivity index (χ1n) is 9.27. The van der Waals surface area contributed by atoms with E-state index >= 15 is 0 Å². The van der Waals surface area contributed by atoms with Gasteiger partial charge < -0.3 is 14.7 Å². The largest absolute Gasteiger partial charge is 0.447 e. The zero-order valence-corrected chi connectivity index (χ0v) is 17.0. The summed E-state index contributed by atoms with van der Waals surface area (Å²) in [7, 11) is 3.92. The highest BCUT2D eigenvalue weighted by Gasteiger charge is 2.40. The molecule has 148 valence electrons. The van der Waals surface area contributed by atoms with Gasteiger partial charge in [0.25, 0.3) is 5.91 Å². The van der Waals surface area contributed by atoms with Gasteiger partial charge in [-0.15, -0.1) is 0 Å². The van der Waals surface area contributed by atoms with Crippen molar-refractivity contribution in [1.82, 2.24) is 4.90 Å². The van der Waals surface area contributed by atoms with E-state index in [1.54, 1.807) is 13.0 Å². The lowest BCUT2D eigenvalue weighted by atomic mass is 9.94. The lowest BCUT2D eigenvalue weighted by molar-refractivity contribution is -0.125. The van der Waals surface area contributed by atoms with Crippen LogP contribution in [0.1, 0.15) is 39.4 Å². The van der Waals surface area contributed by atoms with Gasteiger partial charge in [-0.3, -0.25) is 4.79 Å². The van der Waals surface area contributed by atoms with Crippen molar-refractivity contribution >= 4 is 17.7 Å². The third-order valence-corrected chi connectivity index (χ3v) is 4.99. The standard InChI is InChI=1S/C21H30N2O4/c1-13(2)18-12-27-21(26)23(18)20(25)15(4)11-14(3)19(24)16-7-9-17(10-8-16)22(5)6/h7-11,13-14,18-19,24H,12H2,1-6H3/b15-11+/t14-,18+,19-/m1/s1. The van der Waals surface area contributed by atoms with Crippen molar-refractivity contribution in [3.8, 4) is 0 Å². The fourth-order valence-electron chi connectivity index (χ4n) is 3.18. The van der Waals surface area contributed by atoms with Crippen LogP contribution in [0.2, 0.25) is 0 Å². The minimum atomic E-state index is -0.740. The van der Waals surface area contributed by atoms with Crippen LogP contribution >= 0.6 is 0 Å². The van der Waals surface area contributed by atoms with E-state index in [9.17, 15) is 14.7 Å². The van der Waals surface area contributed by atoms with Crippen LogP contribution in [0.4, 0.5) is 10.5 Å². The molecule has 0 unspecified atom stereocenters. The highest BCUT2D eigenvalue weighted by atomic mass is 16.6. The molecular formula is C21H30N2O4. The Balaban J connectivity index is 2.13. The molecule has 1 fully saturated rings. The maximum absolute atomic E-state index is 12.8. The van der Waals surface area contributed by atoms with Crippen LogP contribution in [0.25, 0.3) is 0 Å². The average Bonchev–Trinajstić information content (AvgIpc) is 3.02. The molecule has 0 saturated carbocycles. The van der Waals surface area contributed by atoms with Crippen LogP contribution in [-0.4, -0.2) is 48.8 Å². The SMILES string of the molecule is C/C(=C\[C@@H](C)[C@@H](O)c1ccc(N(C)C)cc1)C(=O)N1C(=O)OC[C@H]1C(C)C. The van der Waals surface area contributed by atoms with Crippen LogP contribution in [0, 0.1) is 11.8 Å². The molecule has 27 heavy (non-hydrogen) atoms. The molecule has 0 aliphatic carbocycles. The van der Waals surface area contributed by atoms with E-state index in [4.69, 9.17) is 4.74 Å². The smallest absolute Gasteiger partial charge is 0.417 e. The van der Waals surface area contributed by atoms with Crippen LogP contribution in [0.3, 0.4) is 0 Å². The molecule has 0 bridgehead atoms. The average molecular weight is 374 g/mol. The van der Waals surface area contributed by atoms with Crippen molar-refractivity contribution in [1.29, 1.82) is 0 Å². The number of anilines is 1. The van der Waals surface area contributed by atoms with Gasteiger partial charge in [0.15, 0.2) is 0 Å². The van der Waals surface area contributed by atoms with Gasteiger partial charge >= 0.3 is 6.09 Å². The van der Waals surface area contributed by atoms with Crippen molar-refractivity contribution < 1.29 is 19.4 Å². The Labute approximate surface area is 161 Å². The summed E-state index contributed by atoms with van der Waals surface area (Å²) in [6.45, 7) is 7.66. The summed E-state index contributed by atoms with van der Waals surface area (Å²) in [6, 6.07) is 7.40. The number of aliphatic hydroxyl groups excluding tert-OH is 1. The maximum atomic E-state index is 12.8. The topological polar surface area (TPSA) is 70.1 Å². The summed E-state index contributed by atoms with van der Waals surface area (Å²) in [4.78, 5) is 27.9. The molecule has 2 rings (SSSR count). The van der Waals surface area contributed by atoms with Gasteiger partial charge in [0.05, 0.1) is 12.1 Å². The molecule has 2 amide bonds. The Morgan fingerprint density at radius 2 is 1.85 bits per heavy atom. The second kappa shape index (κ2) is 8.57. The number of rotatable bonds is 6. The second-order valence-electron chi connectivity index (χ2n) is 7.70. The molecule has 1 aromatic rings. The molecule has 1 aliphatic rings. The van der Waals surface area contributed by atoms with E-state index in [-0.39, 0.29) is 30.4 Å². The molecule has 1 aromatic carbocycles. The highest BCUT2D eigenvalue weighted by Crippen LogP contribution is 2.27. The minimum absolute atomic E-state index is 0.117. The van der Waals surface area contributed by atoms with Crippen molar-refractivity contribution in [2.45, 2.75) is 39.8 Å². The molecule has 0 radical (unpaired) electrons. The Bertz CT molecular complexity index is 709. The number of ether oxygens (including phenoxy) is 1. The van der Waals surface area contributed by atoms with Gasteiger partial charge in [-0.2, -0.15) is 0 Å². The van der Waals surface area contributed by atoms with Gasteiger partial charge in [-0.1, -0.05) is 39.0 Å². The molecule has 6 heteroatoms. The normalized spacial score (nSPS) is 19.9. The third-order valence-electron chi connectivity index (χ3n) is 4.99. The summed E-state index contributed by atoms with van der Waals surface area (Å²) >= 11 is 0. The Morgan fingerprint density at radius 1 is 1.26 bits per heavy atom. The number of benzene rings is 1. The van der Waals surface area contributed by atoms with Crippen molar-refractivity contribution in [3.63, 3.8) is 0 Å². The van der Waals surface area contributed by atoms with E-state index in [2.05, 4.69) is 0 Å². The van der Waals surface area contributed by atoms with E-state index in [1.165, 1.54) is 4.90 Å². The van der Waals surface area contributed by atoms with Gasteiger partial charge in [0, 0.05) is 31.3 Å². The van der Waals surface area contributed by atoms with Crippen LogP contribution in [0.5, 0.6) is 0 Å². The molecule has 0 aromatic heterocycles. The number of hydrogen-bond acceptors (Lipinski definition) is 5. The molecule has 1 heterocycles. The molecule has 1 saturated heterocycles. The fourth-order valence-corrected chi connectivity index (χ4v) is 3.18. The number of aliphatic hydroxyl groups is 1. The summed E-state index contributed by atoms with van der Waals surface area (Å²) in [5.41, 5.74) is 2.26. The Morgan fingerprint density at radius 3 is 2.37 bits per heavy atom. The Kier molecular flexibility index (Phi) is 6.65. The predicted molar refractivity (Wildman–Crippen MR) is 105 cm³/mol. The van der Waals surface area contributed by atoms with Gasteiger partial charge in [0.2, 0.25) is 0 Å². The summed E-state index contributed by atoms with van der Waals surface area (Å²) < 4.78 is 5.05.